The summed E-state index contributed by atoms with van der Waals surface area (Å²) < 4.78 is 33.9. The molecule has 1 aromatic heterocycles. The van der Waals surface area contributed by atoms with Crippen LogP contribution in [0.15, 0.2) is 71.5 Å². The first-order chi connectivity index (χ1) is 17.2. The molecule has 3 aromatic rings. The fraction of sp³-hybridized carbons (Fsp3) is 0.296. The fourth-order valence-corrected chi connectivity index (χ4v) is 6.66. The molecule has 2 heterocycles. The van der Waals surface area contributed by atoms with Crippen molar-refractivity contribution in [1.29, 1.82) is 0 Å². The van der Waals surface area contributed by atoms with Gasteiger partial charge in [0, 0.05) is 23.0 Å². The molecule has 0 saturated carbocycles. The molecule has 1 amide bonds. The van der Waals surface area contributed by atoms with Crippen LogP contribution in [0.1, 0.15) is 27.6 Å². The second kappa shape index (κ2) is 11.2. The van der Waals surface area contributed by atoms with Crippen molar-refractivity contribution in [3.05, 3.63) is 93.2 Å². The molecule has 1 atom stereocenters. The van der Waals surface area contributed by atoms with Gasteiger partial charge in [0.2, 0.25) is 15.9 Å². The average Bonchev–Trinajstić information content (AvgIpc) is 3.33. The van der Waals surface area contributed by atoms with Crippen LogP contribution in [0.5, 0.6) is 5.75 Å². The maximum atomic E-state index is 13.6. The van der Waals surface area contributed by atoms with E-state index >= 15 is 0 Å². The Morgan fingerprint density at radius 1 is 1.22 bits per heavy atom. The van der Waals surface area contributed by atoms with E-state index in [1.807, 2.05) is 31.4 Å². The highest BCUT2D eigenvalue weighted by atomic mass is 35.5. The molecule has 0 bridgehead atoms. The maximum Gasteiger partial charge on any atom is 0.243 e. The molecule has 6 nitrogen and oxygen atoms in total. The van der Waals surface area contributed by atoms with Gasteiger partial charge in [-0.2, -0.15) is 4.31 Å². The molecule has 0 saturated heterocycles. The Labute approximate surface area is 221 Å². The van der Waals surface area contributed by atoms with E-state index in [1.165, 1.54) is 15.3 Å². The van der Waals surface area contributed by atoms with E-state index in [0.717, 1.165) is 23.1 Å². The number of thiophene rings is 1. The highest BCUT2D eigenvalue weighted by molar-refractivity contribution is 7.89. The first-order valence-electron chi connectivity index (χ1n) is 11.6. The Hall–Kier alpha value is -2.65. The summed E-state index contributed by atoms with van der Waals surface area (Å²) in [5, 5.41) is 2.68. The van der Waals surface area contributed by atoms with Crippen molar-refractivity contribution >= 4 is 38.9 Å². The van der Waals surface area contributed by atoms with Crippen molar-refractivity contribution in [2.24, 2.45) is 0 Å². The third-order valence-corrected chi connectivity index (χ3v) is 9.50. The lowest BCUT2D eigenvalue weighted by Gasteiger charge is -2.37. The lowest BCUT2D eigenvalue weighted by atomic mass is 10.0. The van der Waals surface area contributed by atoms with Gasteiger partial charge in [-0.1, -0.05) is 35.4 Å². The number of hydrogen-bond donors (Lipinski definition) is 0. The molecule has 1 aliphatic rings. The van der Waals surface area contributed by atoms with E-state index in [-0.39, 0.29) is 36.5 Å². The number of ether oxygens (including phenoxy) is 1. The lowest BCUT2D eigenvalue weighted by molar-refractivity contribution is -0.135. The quantitative estimate of drug-likeness (QED) is 0.338. The van der Waals surface area contributed by atoms with Crippen molar-refractivity contribution < 1.29 is 17.9 Å². The Morgan fingerprint density at radius 3 is 2.67 bits per heavy atom. The van der Waals surface area contributed by atoms with Crippen LogP contribution in [-0.2, 0) is 21.2 Å². The van der Waals surface area contributed by atoms with E-state index in [9.17, 15) is 13.2 Å². The van der Waals surface area contributed by atoms with Gasteiger partial charge in [0.05, 0.1) is 17.5 Å². The molecule has 190 valence electrons. The van der Waals surface area contributed by atoms with Crippen LogP contribution in [0.25, 0.3) is 0 Å². The zero-order valence-corrected chi connectivity index (χ0v) is 22.7. The smallest absolute Gasteiger partial charge is 0.243 e. The van der Waals surface area contributed by atoms with Gasteiger partial charge in [0.25, 0.3) is 0 Å². The lowest BCUT2D eigenvalue weighted by Crippen LogP contribution is -2.47. The van der Waals surface area contributed by atoms with Crippen LogP contribution in [0.4, 0.5) is 0 Å². The average molecular weight is 545 g/mol. The van der Waals surface area contributed by atoms with E-state index in [1.54, 1.807) is 52.6 Å². The van der Waals surface area contributed by atoms with Crippen molar-refractivity contribution in [1.82, 2.24) is 9.21 Å². The van der Waals surface area contributed by atoms with Gasteiger partial charge in [-0.15, -0.1) is 17.9 Å². The summed E-state index contributed by atoms with van der Waals surface area (Å²) in [7, 11) is -3.87. The number of halogens is 1. The summed E-state index contributed by atoms with van der Waals surface area (Å²) in [5.74, 6) is 0.396. The summed E-state index contributed by atoms with van der Waals surface area (Å²) in [6.45, 7) is 8.00. The van der Waals surface area contributed by atoms with Gasteiger partial charge >= 0.3 is 0 Å². The topological polar surface area (TPSA) is 66.9 Å². The zero-order chi connectivity index (χ0) is 25.9. The summed E-state index contributed by atoms with van der Waals surface area (Å²) >= 11 is 7.80. The number of carbonyl (C=O) groups is 1. The Kier molecular flexibility index (Phi) is 8.20. The highest BCUT2D eigenvalue weighted by Crippen LogP contribution is 2.34. The number of rotatable bonds is 9. The molecular weight excluding hydrogens is 516 g/mol. The van der Waals surface area contributed by atoms with Crippen molar-refractivity contribution in [2.75, 3.05) is 26.2 Å². The third-order valence-electron chi connectivity index (χ3n) is 6.26. The molecule has 0 N–H and O–H groups in total. The summed E-state index contributed by atoms with van der Waals surface area (Å²) in [4.78, 5) is 16.7. The second-order valence-electron chi connectivity index (χ2n) is 8.77. The largest absolute Gasteiger partial charge is 0.491 e. The number of nitrogens with zero attached hydrogens (tertiary/aromatic N) is 2. The number of carbonyl (C=O) groups excluding carboxylic acids is 1. The van der Waals surface area contributed by atoms with Gasteiger partial charge in [-0.05, 0) is 73.2 Å². The van der Waals surface area contributed by atoms with Gasteiger partial charge in [0.15, 0.2) is 0 Å². The number of hydrogen-bond acceptors (Lipinski definition) is 5. The van der Waals surface area contributed by atoms with Crippen molar-refractivity contribution in [3.8, 4) is 5.75 Å². The van der Waals surface area contributed by atoms with Gasteiger partial charge in [0.1, 0.15) is 12.4 Å². The number of amides is 1. The number of aryl methyl sites for hydroxylation is 2. The second-order valence-corrected chi connectivity index (χ2v) is 12.1. The number of sulfonamides is 1. The van der Waals surface area contributed by atoms with Crippen LogP contribution in [0.3, 0.4) is 0 Å². The summed E-state index contributed by atoms with van der Waals surface area (Å²) in [5.41, 5.74) is 2.91. The number of benzene rings is 2. The predicted octanol–water partition coefficient (Wildman–Crippen LogP) is 5.40. The molecule has 9 heteroatoms. The molecule has 0 radical (unpaired) electrons. The molecular formula is C27H29ClN2O4S2. The predicted molar refractivity (Wildman–Crippen MR) is 144 cm³/mol. The van der Waals surface area contributed by atoms with Gasteiger partial charge in [-0.25, -0.2) is 8.42 Å². The SMILES string of the molecule is C=CCN(CC(=O)N1CCc2sccc2C1COc1ccc(Cl)c(C)c1)S(=O)(=O)c1ccc(C)cc1. The Balaban J connectivity index is 1.56. The monoisotopic (exact) mass is 544 g/mol. The van der Waals surface area contributed by atoms with Gasteiger partial charge < -0.3 is 9.64 Å². The van der Waals surface area contributed by atoms with Crippen molar-refractivity contribution in [3.63, 3.8) is 0 Å². The molecule has 0 aliphatic carbocycles. The minimum atomic E-state index is -3.87. The fourth-order valence-electron chi connectivity index (χ4n) is 4.25. The minimum absolute atomic E-state index is 0.0324. The highest BCUT2D eigenvalue weighted by Gasteiger charge is 2.35. The Bertz CT molecular complexity index is 1350. The maximum absolute atomic E-state index is 13.6. The Morgan fingerprint density at radius 2 is 1.97 bits per heavy atom. The van der Waals surface area contributed by atoms with Crippen molar-refractivity contribution in [2.45, 2.75) is 31.2 Å². The summed E-state index contributed by atoms with van der Waals surface area (Å²) in [6.07, 6.45) is 2.22. The van der Waals surface area contributed by atoms with Crippen LogP contribution < -0.4 is 4.74 Å². The van der Waals surface area contributed by atoms with E-state index in [0.29, 0.717) is 17.3 Å². The molecule has 1 aliphatic heterocycles. The third kappa shape index (κ3) is 5.67. The minimum Gasteiger partial charge on any atom is -0.491 e. The van der Waals surface area contributed by atoms with Crippen LogP contribution in [-0.4, -0.2) is 49.8 Å². The first kappa shape index (κ1) is 26.4. The normalized spacial score (nSPS) is 15.6. The van der Waals surface area contributed by atoms with Gasteiger partial charge in [-0.3, -0.25) is 4.79 Å². The molecule has 2 aromatic carbocycles. The molecule has 1 unspecified atom stereocenters. The van der Waals surface area contributed by atoms with E-state index < -0.39 is 10.0 Å². The standard InChI is InChI=1S/C27H29ClN2O4S2/c1-4-13-29(36(32,33)22-8-5-19(2)6-9-22)17-27(31)30-14-11-26-23(12-15-35-26)25(30)18-34-21-7-10-24(28)20(3)16-21/h4-10,12,15-16,25H,1,11,13-14,17-18H2,2-3H3. The number of fused-ring (bicyclic) bond motifs is 1. The first-order valence-corrected chi connectivity index (χ1v) is 14.3. The van der Waals surface area contributed by atoms with Crippen LogP contribution in [0.2, 0.25) is 5.02 Å². The molecule has 0 spiro atoms. The van der Waals surface area contributed by atoms with Crippen LogP contribution >= 0.6 is 22.9 Å². The van der Waals surface area contributed by atoms with E-state index in [2.05, 4.69) is 6.58 Å². The summed E-state index contributed by atoms with van der Waals surface area (Å²) in [6, 6.07) is 13.8. The molecule has 4 rings (SSSR count). The van der Waals surface area contributed by atoms with E-state index in [4.69, 9.17) is 16.3 Å². The molecule has 0 fully saturated rings. The van der Waals surface area contributed by atoms with Crippen LogP contribution in [0, 0.1) is 13.8 Å². The zero-order valence-electron chi connectivity index (χ0n) is 20.3. The molecule has 36 heavy (non-hydrogen) atoms.